The van der Waals surface area contributed by atoms with E-state index in [0.717, 1.165) is 5.92 Å². The maximum absolute atomic E-state index is 2.43. The average Bonchev–Trinajstić information content (AvgIpc) is 2.18. The zero-order chi connectivity index (χ0) is 7.41. The summed E-state index contributed by atoms with van der Waals surface area (Å²) in [7, 11) is 0. The lowest BCUT2D eigenvalue weighted by Gasteiger charge is -2.33. The molecule has 1 saturated carbocycles. The van der Waals surface area contributed by atoms with Crippen LogP contribution in [0.15, 0.2) is 12.2 Å². The molecule has 2 atom stereocenters. The molecule has 1 fully saturated rings. The van der Waals surface area contributed by atoms with Gasteiger partial charge in [-0.2, -0.15) is 0 Å². The van der Waals surface area contributed by atoms with E-state index in [1.165, 1.54) is 12.8 Å². The van der Waals surface area contributed by atoms with Gasteiger partial charge < -0.3 is 0 Å². The van der Waals surface area contributed by atoms with Crippen molar-refractivity contribution in [2.45, 2.75) is 33.6 Å². The van der Waals surface area contributed by atoms with Crippen LogP contribution in [0.25, 0.3) is 0 Å². The molecule has 0 aromatic heterocycles. The van der Waals surface area contributed by atoms with Crippen LogP contribution in [0.3, 0.4) is 0 Å². The summed E-state index contributed by atoms with van der Waals surface area (Å²) < 4.78 is 0. The number of hydrogen-bond donors (Lipinski definition) is 0. The van der Waals surface area contributed by atoms with Crippen molar-refractivity contribution < 1.29 is 0 Å². The first kappa shape index (κ1) is 13.2. The SMILES string of the molecule is CC12C=CC(CC1)C2(C)C.I.I. The zero-order valence-electron chi connectivity index (χ0n) is 7.96. The van der Waals surface area contributed by atoms with Gasteiger partial charge in [0.2, 0.25) is 0 Å². The van der Waals surface area contributed by atoms with Gasteiger partial charge in [0.05, 0.1) is 0 Å². The quantitative estimate of drug-likeness (QED) is 0.428. The summed E-state index contributed by atoms with van der Waals surface area (Å²) in [5, 5.41) is 0. The lowest BCUT2D eigenvalue weighted by Crippen LogP contribution is -2.27. The predicted octanol–water partition coefficient (Wildman–Crippen LogP) is 4.23. The van der Waals surface area contributed by atoms with Crippen LogP contribution in [0, 0.1) is 16.7 Å². The molecule has 0 aromatic rings. The summed E-state index contributed by atoms with van der Waals surface area (Å²) >= 11 is 0. The van der Waals surface area contributed by atoms with E-state index >= 15 is 0 Å². The van der Waals surface area contributed by atoms with E-state index in [0.29, 0.717) is 10.8 Å². The molecule has 0 radical (unpaired) electrons. The molecule has 2 aliphatic rings. The van der Waals surface area contributed by atoms with Crippen molar-refractivity contribution in [2.24, 2.45) is 16.7 Å². The van der Waals surface area contributed by atoms with Crippen LogP contribution in [-0.4, -0.2) is 0 Å². The fraction of sp³-hybridized carbons (Fsp3) is 0.800. The number of rotatable bonds is 0. The number of fused-ring (bicyclic) bond motifs is 2. The molecule has 2 rings (SSSR count). The number of halogens is 2. The van der Waals surface area contributed by atoms with Gasteiger partial charge in [0.15, 0.2) is 0 Å². The van der Waals surface area contributed by atoms with Crippen molar-refractivity contribution >= 4 is 48.0 Å². The van der Waals surface area contributed by atoms with Crippen LogP contribution in [-0.2, 0) is 0 Å². The van der Waals surface area contributed by atoms with Gasteiger partial charge in [0.25, 0.3) is 0 Å². The molecule has 12 heavy (non-hydrogen) atoms. The van der Waals surface area contributed by atoms with Gasteiger partial charge in [-0.05, 0) is 29.6 Å². The van der Waals surface area contributed by atoms with Gasteiger partial charge in [-0.25, -0.2) is 0 Å². The lowest BCUT2D eigenvalue weighted by atomic mass is 9.71. The molecule has 0 spiro atoms. The highest BCUT2D eigenvalue weighted by Crippen LogP contribution is 2.61. The molecule has 72 valence electrons. The minimum atomic E-state index is 0. The molecule has 0 amide bonds. The fourth-order valence-corrected chi connectivity index (χ4v) is 2.53. The van der Waals surface area contributed by atoms with Crippen LogP contribution < -0.4 is 0 Å². The molecule has 0 N–H and O–H groups in total. The van der Waals surface area contributed by atoms with Gasteiger partial charge in [-0.1, -0.05) is 32.9 Å². The summed E-state index contributed by atoms with van der Waals surface area (Å²) in [6.07, 6.45) is 7.67. The van der Waals surface area contributed by atoms with E-state index in [-0.39, 0.29) is 48.0 Å². The Bertz CT molecular complexity index is 196. The van der Waals surface area contributed by atoms with Gasteiger partial charge in [-0.3, -0.25) is 0 Å². The lowest BCUT2D eigenvalue weighted by molar-refractivity contribution is 0.182. The zero-order valence-corrected chi connectivity index (χ0v) is 12.6. The standard InChI is InChI=1S/C10H16.2HI/c1-9(2)8-4-6-10(9,3)7-5-8;;/h4,6,8H,5,7H2,1-3H3;2*1H. The van der Waals surface area contributed by atoms with Crippen molar-refractivity contribution in [2.75, 3.05) is 0 Å². The summed E-state index contributed by atoms with van der Waals surface area (Å²) in [4.78, 5) is 0. The molecule has 0 aliphatic heterocycles. The van der Waals surface area contributed by atoms with E-state index in [1.54, 1.807) is 0 Å². The minimum Gasteiger partial charge on any atom is -0.107 e. The monoisotopic (exact) mass is 392 g/mol. The maximum Gasteiger partial charge on any atom is -0.00895 e. The Morgan fingerprint density at radius 1 is 1.17 bits per heavy atom. The largest absolute Gasteiger partial charge is 0.107 e. The van der Waals surface area contributed by atoms with Gasteiger partial charge in [0.1, 0.15) is 0 Å². The van der Waals surface area contributed by atoms with Crippen LogP contribution in [0.1, 0.15) is 33.6 Å². The topological polar surface area (TPSA) is 0 Å². The third-order valence-electron chi connectivity index (χ3n) is 4.07. The molecular weight excluding hydrogens is 374 g/mol. The Hall–Kier alpha value is 1.20. The first-order chi connectivity index (χ1) is 4.56. The fourth-order valence-electron chi connectivity index (χ4n) is 2.53. The molecule has 2 unspecified atom stereocenters. The molecule has 0 aromatic carbocycles. The van der Waals surface area contributed by atoms with E-state index in [1.807, 2.05) is 0 Å². The summed E-state index contributed by atoms with van der Waals surface area (Å²) in [6.45, 7) is 7.21. The average molecular weight is 392 g/mol. The highest BCUT2D eigenvalue weighted by atomic mass is 127. The van der Waals surface area contributed by atoms with E-state index in [9.17, 15) is 0 Å². The summed E-state index contributed by atoms with van der Waals surface area (Å²) in [6, 6.07) is 0. The van der Waals surface area contributed by atoms with Gasteiger partial charge in [0, 0.05) is 0 Å². The normalized spacial score (nSPS) is 40.4. The van der Waals surface area contributed by atoms with E-state index in [2.05, 4.69) is 32.9 Å². The van der Waals surface area contributed by atoms with Crippen molar-refractivity contribution in [3.63, 3.8) is 0 Å². The summed E-state index contributed by atoms with van der Waals surface area (Å²) in [5.41, 5.74) is 1.07. The van der Waals surface area contributed by atoms with Crippen LogP contribution in [0.4, 0.5) is 0 Å². The predicted molar refractivity (Wildman–Crippen MR) is 74.6 cm³/mol. The van der Waals surface area contributed by atoms with Crippen molar-refractivity contribution in [1.82, 2.24) is 0 Å². The van der Waals surface area contributed by atoms with Crippen LogP contribution >= 0.6 is 48.0 Å². The molecule has 2 heteroatoms. The molecule has 2 bridgehead atoms. The Kier molecular flexibility index (Phi) is 4.13. The van der Waals surface area contributed by atoms with Crippen LogP contribution in [0.5, 0.6) is 0 Å². The van der Waals surface area contributed by atoms with Crippen LogP contribution in [0.2, 0.25) is 0 Å². The third-order valence-corrected chi connectivity index (χ3v) is 4.07. The first-order valence-electron chi connectivity index (χ1n) is 4.26. The second kappa shape index (κ2) is 3.75. The Morgan fingerprint density at radius 2 is 1.75 bits per heavy atom. The molecule has 0 heterocycles. The maximum atomic E-state index is 2.43. The number of allylic oxidation sites excluding steroid dienone is 2. The Balaban J connectivity index is 0.000000605. The smallest absolute Gasteiger partial charge is 0.00895 e. The van der Waals surface area contributed by atoms with E-state index in [4.69, 9.17) is 0 Å². The second-order valence-electron chi connectivity index (χ2n) is 4.64. The third kappa shape index (κ3) is 1.47. The Morgan fingerprint density at radius 3 is 1.83 bits per heavy atom. The van der Waals surface area contributed by atoms with Gasteiger partial charge in [-0.15, -0.1) is 48.0 Å². The highest BCUT2D eigenvalue weighted by molar-refractivity contribution is 14.0. The minimum absolute atomic E-state index is 0. The van der Waals surface area contributed by atoms with Crippen molar-refractivity contribution in [3.8, 4) is 0 Å². The first-order valence-corrected chi connectivity index (χ1v) is 4.26. The highest BCUT2D eigenvalue weighted by Gasteiger charge is 2.52. The molecule has 2 aliphatic carbocycles. The number of hydrogen-bond acceptors (Lipinski definition) is 0. The van der Waals surface area contributed by atoms with E-state index < -0.39 is 0 Å². The second-order valence-corrected chi connectivity index (χ2v) is 4.64. The Labute approximate surface area is 110 Å². The summed E-state index contributed by atoms with van der Waals surface area (Å²) in [5.74, 6) is 0.873. The van der Waals surface area contributed by atoms with Crippen molar-refractivity contribution in [3.05, 3.63) is 12.2 Å². The molecule has 0 saturated heterocycles. The molecule has 0 nitrogen and oxygen atoms in total. The molecular formula is C10H18I2. The van der Waals surface area contributed by atoms with Gasteiger partial charge >= 0.3 is 0 Å². The van der Waals surface area contributed by atoms with Crippen molar-refractivity contribution in [1.29, 1.82) is 0 Å².